The fourth-order valence-corrected chi connectivity index (χ4v) is 3.68. The van der Waals surface area contributed by atoms with Crippen LogP contribution in [0.25, 0.3) is 0 Å². The van der Waals surface area contributed by atoms with Crippen molar-refractivity contribution in [2.24, 2.45) is 0 Å². The summed E-state index contributed by atoms with van der Waals surface area (Å²) in [6.45, 7) is 2.56. The van der Waals surface area contributed by atoms with Gasteiger partial charge in [0.25, 0.3) is 5.91 Å². The predicted molar refractivity (Wildman–Crippen MR) is 119 cm³/mol. The zero-order chi connectivity index (χ0) is 22.5. The lowest BCUT2D eigenvalue weighted by Crippen LogP contribution is -2.35. The van der Waals surface area contributed by atoms with Gasteiger partial charge in [-0.2, -0.15) is 0 Å². The minimum atomic E-state index is -0.514. The van der Waals surface area contributed by atoms with E-state index in [1.54, 1.807) is 25.3 Å². The number of halogens is 2. The van der Waals surface area contributed by atoms with Crippen molar-refractivity contribution in [2.75, 3.05) is 38.2 Å². The molecule has 9 heteroatoms. The Morgan fingerprint density at radius 2 is 1.91 bits per heavy atom. The molecule has 0 N–H and O–H groups in total. The van der Waals surface area contributed by atoms with Crippen LogP contribution in [0.2, 0.25) is 5.02 Å². The van der Waals surface area contributed by atoms with Crippen molar-refractivity contribution >= 4 is 23.3 Å². The lowest BCUT2D eigenvalue weighted by atomic mass is 10.2. The Bertz CT molecular complexity index is 1110. The third kappa shape index (κ3) is 5.08. The summed E-state index contributed by atoms with van der Waals surface area (Å²) in [6, 6.07) is 13.0. The van der Waals surface area contributed by atoms with Gasteiger partial charge in [-0.15, -0.1) is 0 Å². The summed E-state index contributed by atoms with van der Waals surface area (Å²) in [5.74, 6) is 1.52. The molecule has 3 aromatic rings. The molecule has 4 rings (SSSR count). The average molecular weight is 457 g/mol. The first-order valence-electron chi connectivity index (χ1n) is 10.2. The largest absolute Gasteiger partial charge is 0.497 e. The quantitative estimate of drug-likeness (QED) is 0.566. The van der Waals surface area contributed by atoms with E-state index >= 15 is 0 Å². The van der Waals surface area contributed by atoms with E-state index in [0.29, 0.717) is 48.4 Å². The van der Waals surface area contributed by atoms with Gasteiger partial charge in [-0.25, -0.2) is 14.4 Å². The fourth-order valence-electron chi connectivity index (χ4n) is 3.51. The Morgan fingerprint density at radius 3 is 2.72 bits per heavy atom. The number of carbonyl (C=O) groups excluding carboxylic acids is 1. The van der Waals surface area contributed by atoms with Crippen molar-refractivity contribution in [2.45, 2.75) is 6.42 Å². The number of nitrogens with zero attached hydrogens (tertiary/aromatic N) is 4. The predicted octanol–water partition coefficient (Wildman–Crippen LogP) is 4.42. The normalized spacial score (nSPS) is 14.1. The number of hydrogen-bond acceptors (Lipinski definition) is 6. The van der Waals surface area contributed by atoms with Crippen molar-refractivity contribution in [1.29, 1.82) is 0 Å². The number of rotatable bonds is 5. The molecule has 1 amide bonds. The molecule has 1 aromatic heterocycles. The van der Waals surface area contributed by atoms with Gasteiger partial charge < -0.3 is 19.3 Å². The first-order chi connectivity index (χ1) is 15.5. The van der Waals surface area contributed by atoms with Crippen LogP contribution in [0.1, 0.15) is 16.8 Å². The van der Waals surface area contributed by atoms with Gasteiger partial charge in [-0.1, -0.05) is 17.7 Å². The fraction of sp³-hybridized carbons (Fsp3) is 0.261. The number of hydrogen-bond donors (Lipinski definition) is 0. The number of benzene rings is 2. The smallest absolute Gasteiger partial charge is 0.254 e. The van der Waals surface area contributed by atoms with Gasteiger partial charge in [-0.3, -0.25) is 4.79 Å². The Balaban J connectivity index is 1.43. The average Bonchev–Trinajstić information content (AvgIpc) is 3.08. The summed E-state index contributed by atoms with van der Waals surface area (Å²) in [7, 11) is 1.58. The van der Waals surface area contributed by atoms with Crippen LogP contribution in [0.5, 0.6) is 17.4 Å². The van der Waals surface area contributed by atoms with Crippen LogP contribution in [0.3, 0.4) is 0 Å². The van der Waals surface area contributed by atoms with Crippen LogP contribution in [0, 0.1) is 5.82 Å². The topological polar surface area (TPSA) is 67.8 Å². The second-order valence-electron chi connectivity index (χ2n) is 7.26. The minimum Gasteiger partial charge on any atom is -0.497 e. The van der Waals surface area contributed by atoms with Crippen LogP contribution < -0.4 is 14.4 Å². The van der Waals surface area contributed by atoms with Crippen molar-refractivity contribution in [1.82, 2.24) is 14.9 Å². The van der Waals surface area contributed by atoms with E-state index in [1.807, 2.05) is 17.0 Å². The molecule has 1 aliphatic rings. The van der Waals surface area contributed by atoms with E-state index in [9.17, 15) is 9.18 Å². The van der Waals surface area contributed by atoms with Gasteiger partial charge in [0, 0.05) is 43.9 Å². The van der Waals surface area contributed by atoms with E-state index in [1.165, 1.54) is 24.5 Å². The van der Waals surface area contributed by atoms with Gasteiger partial charge >= 0.3 is 0 Å². The highest BCUT2D eigenvalue weighted by atomic mass is 35.5. The number of anilines is 1. The number of methoxy groups -OCH3 is 1. The van der Waals surface area contributed by atoms with Crippen molar-refractivity contribution in [3.8, 4) is 17.4 Å². The minimum absolute atomic E-state index is 0.0225. The molecule has 1 fully saturated rings. The summed E-state index contributed by atoms with van der Waals surface area (Å²) in [4.78, 5) is 25.4. The molecule has 166 valence electrons. The highest BCUT2D eigenvalue weighted by Gasteiger charge is 2.22. The van der Waals surface area contributed by atoms with Crippen LogP contribution in [0.4, 0.5) is 10.2 Å². The Labute approximate surface area is 190 Å². The molecule has 0 bridgehead atoms. The maximum absolute atomic E-state index is 13.4. The summed E-state index contributed by atoms with van der Waals surface area (Å²) < 4.78 is 24.3. The molecule has 1 saturated heterocycles. The first kappa shape index (κ1) is 21.8. The maximum Gasteiger partial charge on any atom is 0.254 e. The standard InChI is InChI=1S/C23H22ClFN4O3/c1-31-17-5-2-4-16(12-17)23(30)29-9-3-8-28(10-11-29)21-14-22(27-15-26-21)32-18-6-7-20(25)19(24)13-18/h2,4-7,12-15H,3,8-11H2,1H3. The highest BCUT2D eigenvalue weighted by Crippen LogP contribution is 2.27. The van der Waals surface area contributed by atoms with Crippen LogP contribution in [-0.2, 0) is 0 Å². The summed E-state index contributed by atoms with van der Waals surface area (Å²) >= 11 is 5.82. The molecule has 2 aromatic carbocycles. The van der Waals surface area contributed by atoms with E-state index in [0.717, 1.165) is 13.0 Å². The molecule has 0 atom stereocenters. The molecule has 0 radical (unpaired) electrons. The Kier molecular flexibility index (Phi) is 6.70. The lowest BCUT2D eigenvalue weighted by Gasteiger charge is -2.23. The van der Waals surface area contributed by atoms with Gasteiger partial charge in [0.2, 0.25) is 5.88 Å². The number of amides is 1. The molecule has 0 unspecified atom stereocenters. The summed E-state index contributed by atoms with van der Waals surface area (Å²) in [5, 5.41) is -0.0231. The number of aromatic nitrogens is 2. The molecule has 0 saturated carbocycles. The second kappa shape index (κ2) is 9.82. The third-order valence-corrected chi connectivity index (χ3v) is 5.45. The SMILES string of the molecule is COc1cccc(C(=O)N2CCCN(c3cc(Oc4ccc(F)c(Cl)c4)ncn3)CC2)c1. The van der Waals surface area contributed by atoms with Crippen LogP contribution in [0.15, 0.2) is 54.9 Å². The van der Waals surface area contributed by atoms with E-state index in [-0.39, 0.29) is 10.9 Å². The Hall–Kier alpha value is -3.39. The monoisotopic (exact) mass is 456 g/mol. The maximum atomic E-state index is 13.4. The third-order valence-electron chi connectivity index (χ3n) is 5.16. The second-order valence-corrected chi connectivity index (χ2v) is 7.66. The summed E-state index contributed by atoms with van der Waals surface area (Å²) in [5.41, 5.74) is 0.605. The van der Waals surface area contributed by atoms with Crippen molar-refractivity contribution in [3.63, 3.8) is 0 Å². The van der Waals surface area contributed by atoms with Crippen LogP contribution >= 0.6 is 11.6 Å². The van der Waals surface area contributed by atoms with Gasteiger partial charge in [0.15, 0.2) is 0 Å². The molecule has 2 heterocycles. The van der Waals surface area contributed by atoms with Gasteiger partial charge in [0.05, 0.1) is 12.1 Å². The van der Waals surface area contributed by atoms with E-state index in [2.05, 4.69) is 14.9 Å². The number of carbonyl (C=O) groups is 1. The van der Waals surface area contributed by atoms with E-state index < -0.39 is 5.82 Å². The van der Waals surface area contributed by atoms with Crippen LogP contribution in [-0.4, -0.2) is 54.1 Å². The molecule has 0 spiro atoms. The molecule has 7 nitrogen and oxygen atoms in total. The molecular weight excluding hydrogens is 435 g/mol. The van der Waals surface area contributed by atoms with Crippen molar-refractivity contribution < 1.29 is 18.7 Å². The number of ether oxygens (including phenoxy) is 2. The zero-order valence-electron chi connectivity index (χ0n) is 17.5. The van der Waals surface area contributed by atoms with Gasteiger partial charge in [0.1, 0.15) is 29.5 Å². The van der Waals surface area contributed by atoms with E-state index in [4.69, 9.17) is 21.1 Å². The lowest BCUT2D eigenvalue weighted by molar-refractivity contribution is 0.0766. The zero-order valence-corrected chi connectivity index (χ0v) is 18.3. The first-order valence-corrected chi connectivity index (χ1v) is 10.5. The summed E-state index contributed by atoms with van der Waals surface area (Å²) in [6.07, 6.45) is 2.21. The molecule has 1 aliphatic heterocycles. The Morgan fingerprint density at radius 1 is 1.03 bits per heavy atom. The molecule has 32 heavy (non-hydrogen) atoms. The molecule has 0 aliphatic carbocycles. The molecular formula is C23H22ClFN4O3. The van der Waals surface area contributed by atoms with Gasteiger partial charge in [-0.05, 0) is 36.8 Å². The van der Waals surface area contributed by atoms with Crippen molar-refractivity contribution in [3.05, 3.63) is 71.3 Å². The highest BCUT2D eigenvalue weighted by molar-refractivity contribution is 6.30.